The van der Waals surface area contributed by atoms with Crippen LogP contribution < -0.4 is 16.4 Å². The summed E-state index contributed by atoms with van der Waals surface area (Å²) in [7, 11) is 0. The molecule has 2 rings (SSSR count). The van der Waals surface area contributed by atoms with E-state index in [-0.39, 0.29) is 36.6 Å². The summed E-state index contributed by atoms with van der Waals surface area (Å²) in [4.78, 5) is 47.8. The highest BCUT2D eigenvalue weighted by molar-refractivity contribution is 5.91. The van der Waals surface area contributed by atoms with Crippen molar-refractivity contribution in [1.29, 1.82) is 0 Å². The lowest BCUT2D eigenvalue weighted by molar-refractivity contribution is -0.385. The van der Waals surface area contributed by atoms with Gasteiger partial charge in [-0.05, 0) is 17.9 Å². The van der Waals surface area contributed by atoms with Crippen LogP contribution in [0, 0.1) is 16.0 Å². The Hall–Kier alpha value is -3.95. The van der Waals surface area contributed by atoms with Gasteiger partial charge in [0.05, 0.1) is 4.92 Å². The van der Waals surface area contributed by atoms with Crippen LogP contribution in [-0.4, -0.2) is 34.9 Å². The van der Waals surface area contributed by atoms with Crippen molar-refractivity contribution in [2.75, 3.05) is 0 Å². The normalized spacial score (nSPS) is 12.5. The average molecular weight is 456 g/mol. The molecule has 176 valence electrons. The number of alkyl carbamates (subject to hydrolysis) is 1. The molecule has 0 bridgehead atoms. The van der Waals surface area contributed by atoms with Crippen LogP contribution in [0.25, 0.3) is 0 Å². The number of primary amides is 1. The zero-order chi connectivity index (χ0) is 24.4. The van der Waals surface area contributed by atoms with Crippen LogP contribution in [0.15, 0.2) is 54.6 Å². The lowest BCUT2D eigenvalue weighted by atomic mass is 10.0. The van der Waals surface area contributed by atoms with Gasteiger partial charge in [-0.2, -0.15) is 0 Å². The van der Waals surface area contributed by atoms with Gasteiger partial charge in [-0.3, -0.25) is 19.7 Å². The SMILES string of the molecule is CC(C)C[C@H](NC(=O)OCc1ccccc1)C(=O)N[C@@H](Cc1ccccc1[N+](=O)[O-])C(N)=O. The number of rotatable bonds is 11. The fourth-order valence-corrected chi connectivity index (χ4v) is 3.19. The Kier molecular flexibility index (Phi) is 9.34. The Morgan fingerprint density at radius 2 is 1.64 bits per heavy atom. The number of ether oxygens (including phenoxy) is 1. The van der Waals surface area contributed by atoms with E-state index in [0.717, 1.165) is 5.56 Å². The van der Waals surface area contributed by atoms with Crippen molar-refractivity contribution in [2.24, 2.45) is 11.7 Å². The third-order valence-corrected chi connectivity index (χ3v) is 4.80. The van der Waals surface area contributed by atoms with Crippen molar-refractivity contribution < 1.29 is 24.0 Å². The lowest BCUT2D eigenvalue weighted by Gasteiger charge is -2.23. The number of hydrogen-bond acceptors (Lipinski definition) is 6. The summed E-state index contributed by atoms with van der Waals surface area (Å²) in [6, 6.07) is 12.8. The summed E-state index contributed by atoms with van der Waals surface area (Å²) in [5, 5.41) is 16.3. The van der Waals surface area contributed by atoms with Crippen molar-refractivity contribution in [3.8, 4) is 0 Å². The first-order chi connectivity index (χ1) is 15.7. The molecule has 0 spiro atoms. The van der Waals surface area contributed by atoms with E-state index in [1.807, 2.05) is 32.0 Å². The zero-order valence-electron chi connectivity index (χ0n) is 18.5. The van der Waals surface area contributed by atoms with Crippen LogP contribution >= 0.6 is 0 Å². The molecule has 0 aromatic heterocycles. The Morgan fingerprint density at radius 1 is 1.00 bits per heavy atom. The molecule has 2 aromatic carbocycles. The van der Waals surface area contributed by atoms with Crippen LogP contribution in [0.3, 0.4) is 0 Å². The Bertz CT molecular complexity index is 980. The van der Waals surface area contributed by atoms with E-state index in [2.05, 4.69) is 10.6 Å². The monoisotopic (exact) mass is 456 g/mol. The third-order valence-electron chi connectivity index (χ3n) is 4.80. The number of nitrogens with one attached hydrogen (secondary N) is 2. The summed E-state index contributed by atoms with van der Waals surface area (Å²) < 4.78 is 5.18. The highest BCUT2D eigenvalue weighted by Gasteiger charge is 2.28. The van der Waals surface area contributed by atoms with Gasteiger partial charge in [0, 0.05) is 18.1 Å². The largest absolute Gasteiger partial charge is 0.445 e. The first-order valence-electron chi connectivity index (χ1n) is 10.5. The zero-order valence-corrected chi connectivity index (χ0v) is 18.5. The van der Waals surface area contributed by atoms with Crippen LogP contribution in [-0.2, 0) is 27.4 Å². The fourth-order valence-electron chi connectivity index (χ4n) is 3.19. The van der Waals surface area contributed by atoms with E-state index < -0.39 is 34.9 Å². The van der Waals surface area contributed by atoms with Crippen LogP contribution in [0.1, 0.15) is 31.4 Å². The second-order valence-electron chi connectivity index (χ2n) is 7.94. The molecule has 2 aromatic rings. The molecule has 0 saturated heterocycles. The minimum absolute atomic E-state index is 0.0320. The molecule has 3 amide bonds. The average Bonchev–Trinajstić information content (AvgIpc) is 2.77. The number of nitro groups is 1. The number of nitrogens with two attached hydrogens (primary N) is 1. The van der Waals surface area contributed by atoms with Gasteiger partial charge in [0.15, 0.2) is 0 Å². The van der Waals surface area contributed by atoms with Crippen molar-refractivity contribution in [1.82, 2.24) is 10.6 Å². The molecule has 0 aliphatic heterocycles. The Balaban J connectivity index is 2.07. The van der Waals surface area contributed by atoms with Gasteiger partial charge in [0.1, 0.15) is 18.7 Å². The van der Waals surface area contributed by atoms with Crippen molar-refractivity contribution in [3.05, 3.63) is 75.8 Å². The number of nitrogens with zero attached hydrogens (tertiary/aromatic N) is 1. The molecular weight excluding hydrogens is 428 g/mol. The highest BCUT2D eigenvalue weighted by Crippen LogP contribution is 2.19. The molecule has 0 saturated carbocycles. The first-order valence-corrected chi connectivity index (χ1v) is 10.5. The number of carbonyl (C=O) groups excluding carboxylic acids is 3. The van der Waals surface area contributed by atoms with Crippen LogP contribution in [0.2, 0.25) is 0 Å². The van der Waals surface area contributed by atoms with E-state index in [0.29, 0.717) is 0 Å². The van der Waals surface area contributed by atoms with Gasteiger partial charge in [-0.25, -0.2) is 4.79 Å². The number of carbonyl (C=O) groups is 3. The van der Waals surface area contributed by atoms with E-state index >= 15 is 0 Å². The van der Waals surface area contributed by atoms with E-state index in [1.165, 1.54) is 18.2 Å². The minimum atomic E-state index is -1.20. The predicted octanol–water partition coefficient (Wildman–Crippen LogP) is 2.45. The highest BCUT2D eigenvalue weighted by atomic mass is 16.6. The van der Waals surface area contributed by atoms with Crippen molar-refractivity contribution >= 4 is 23.6 Å². The Morgan fingerprint density at radius 3 is 2.24 bits per heavy atom. The summed E-state index contributed by atoms with van der Waals surface area (Å²) in [6.07, 6.45) is -0.664. The molecule has 4 N–H and O–H groups in total. The summed E-state index contributed by atoms with van der Waals surface area (Å²) >= 11 is 0. The molecule has 33 heavy (non-hydrogen) atoms. The second-order valence-corrected chi connectivity index (χ2v) is 7.94. The molecule has 0 heterocycles. The van der Waals surface area contributed by atoms with Crippen molar-refractivity contribution in [3.63, 3.8) is 0 Å². The number of nitro benzene ring substituents is 1. The molecular formula is C23H28N4O6. The maximum Gasteiger partial charge on any atom is 0.408 e. The topological polar surface area (TPSA) is 154 Å². The fraction of sp³-hybridized carbons (Fsp3) is 0.348. The molecule has 0 aliphatic carbocycles. The molecule has 10 heteroatoms. The summed E-state index contributed by atoms with van der Waals surface area (Å²) in [5.74, 6) is -1.45. The van der Waals surface area contributed by atoms with Crippen LogP contribution in [0.4, 0.5) is 10.5 Å². The number of hydrogen-bond donors (Lipinski definition) is 3. The maximum atomic E-state index is 12.9. The number of benzene rings is 2. The van der Waals surface area contributed by atoms with Gasteiger partial charge in [-0.15, -0.1) is 0 Å². The van der Waals surface area contributed by atoms with Gasteiger partial charge in [0.25, 0.3) is 5.69 Å². The number of amides is 3. The van der Waals surface area contributed by atoms with Gasteiger partial charge in [-0.1, -0.05) is 62.4 Å². The lowest BCUT2D eigenvalue weighted by Crippen LogP contribution is -2.54. The molecule has 2 atom stereocenters. The van der Waals surface area contributed by atoms with Crippen LogP contribution in [0.5, 0.6) is 0 Å². The maximum absolute atomic E-state index is 12.9. The summed E-state index contributed by atoms with van der Waals surface area (Å²) in [6.45, 7) is 3.77. The van der Waals surface area contributed by atoms with E-state index in [1.54, 1.807) is 18.2 Å². The molecule has 0 radical (unpaired) electrons. The number of para-hydroxylation sites is 1. The van der Waals surface area contributed by atoms with Crippen molar-refractivity contribution in [2.45, 2.75) is 45.4 Å². The molecule has 0 aliphatic rings. The summed E-state index contributed by atoms with van der Waals surface area (Å²) in [5.41, 5.74) is 6.30. The second kappa shape index (κ2) is 12.2. The van der Waals surface area contributed by atoms with E-state index in [9.17, 15) is 24.5 Å². The molecule has 0 fully saturated rings. The molecule has 0 unspecified atom stereocenters. The standard InChI is InChI=1S/C23H28N4O6/c1-15(2)12-19(26-23(30)33-14-16-8-4-3-5-9-16)22(29)25-18(21(24)28)13-17-10-6-7-11-20(17)27(31)32/h3-11,15,18-19H,12-14H2,1-2H3,(H2,24,28)(H,25,29)(H,26,30)/t18-,19-/m0/s1. The third kappa shape index (κ3) is 8.24. The Labute approximate surface area is 191 Å². The minimum Gasteiger partial charge on any atom is -0.445 e. The quantitative estimate of drug-likeness (QED) is 0.349. The van der Waals surface area contributed by atoms with E-state index in [4.69, 9.17) is 10.5 Å². The van der Waals surface area contributed by atoms with Gasteiger partial charge < -0.3 is 21.1 Å². The predicted molar refractivity (Wildman–Crippen MR) is 121 cm³/mol. The molecule has 10 nitrogen and oxygen atoms in total. The first kappa shape index (κ1) is 25.3. The smallest absolute Gasteiger partial charge is 0.408 e. The van der Waals surface area contributed by atoms with Gasteiger partial charge >= 0.3 is 6.09 Å². The van der Waals surface area contributed by atoms with Gasteiger partial charge in [0.2, 0.25) is 11.8 Å².